The molecule has 0 atom stereocenters. The second-order valence-corrected chi connectivity index (χ2v) is 4.30. The molecule has 0 radical (unpaired) electrons. The van der Waals surface area contributed by atoms with Crippen molar-refractivity contribution in [2.45, 2.75) is 13.3 Å². The lowest BCUT2D eigenvalue weighted by Crippen LogP contribution is -2.25. The van der Waals surface area contributed by atoms with Crippen molar-refractivity contribution >= 4 is 17.9 Å². The number of hydrogen-bond donors (Lipinski definition) is 3. The molecule has 6 heteroatoms. The zero-order valence-electron chi connectivity index (χ0n) is 11.4. The third-order valence-corrected chi connectivity index (χ3v) is 2.74. The van der Waals surface area contributed by atoms with Crippen molar-refractivity contribution in [2.24, 2.45) is 4.99 Å². The third kappa shape index (κ3) is 3.09. The number of hydrogen-bond acceptors (Lipinski definition) is 4. The molecule has 0 spiro atoms. The highest BCUT2D eigenvalue weighted by molar-refractivity contribution is 6.15. The summed E-state index contributed by atoms with van der Waals surface area (Å²) < 4.78 is 5.03. The number of phenols is 1. The lowest BCUT2D eigenvalue weighted by Gasteiger charge is -2.04. The van der Waals surface area contributed by atoms with Gasteiger partial charge in [-0.15, -0.1) is 0 Å². The van der Waals surface area contributed by atoms with Crippen LogP contribution in [0.2, 0.25) is 0 Å². The first-order valence-electron chi connectivity index (χ1n) is 6.35. The van der Waals surface area contributed by atoms with Crippen molar-refractivity contribution in [3.05, 3.63) is 29.5 Å². The van der Waals surface area contributed by atoms with Gasteiger partial charge in [0.05, 0.1) is 7.11 Å². The van der Waals surface area contributed by atoms with Crippen LogP contribution in [0, 0.1) is 0 Å². The van der Waals surface area contributed by atoms with Crippen molar-refractivity contribution in [2.75, 3.05) is 13.7 Å². The number of benzene rings is 1. The molecule has 6 nitrogen and oxygen atoms in total. The number of rotatable bonds is 4. The third-order valence-electron chi connectivity index (χ3n) is 2.74. The van der Waals surface area contributed by atoms with Gasteiger partial charge in [-0.25, -0.2) is 0 Å². The van der Waals surface area contributed by atoms with Gasteiger partial charge in [0, 0.05) is 6.54 Å². The van der Waals surface area contributed by atoms with Crippen molar-refractivity contribution in [1.29, 1.82) is 0 Å². The highest BCUT2D eigenvalue weighted by atomic mass is 16.5. The summed E-state index contributed by atoms with van der Waals surface area (Å²) in [7, 11) is 1.47. The summed E-state index contributed by atoms with van der Waals surface area (Å²) in [5.74, 6) is 0.655. The van der Waals surface area contributed by atoms with Crippen molar-refractivity contribution in [3.63, 3.8) is 0 Å². The fraction of sp³-hybridized carbons (Fsp3) is 0.286. The van der Waals surface area contributed by atoms with Crippen LogP contribution in [0.15, 0.2) is 28.9 Å². The number of carbonyl (C=O) groups is 1. The highest BCUT2D eigenvalue weighted by Gasteiger charge is 2.21. The molecule has 1 amide bonds. The number of ether oxygens (including phenoxy) is 1. The van der Waals surface area contributed by atoms with Crippen molar-refractivity contribution < 1.29 is 14.6 Å². The van der Waals surface area contributed by atoms with E-state index in [9.17, 15) is 9.90 Å². The average molecular weight is 275 g/mol. The van der Waals surface area contributed by atoms with Gasteiger partial charge in [0.25, 0.3) is 5.91 Å². The maximum atomic E-state index is 11.8. The van der Waals surface area contributed by atoms with Gasteiger partial charge in [-0.3, -0.25) is 15.1 Å². The van der Waals surface area contributed by atoms with Crippen LogP contribution in [-0.2, 0) is 4.79 Å². The van der Waals surface area contributed by atoms with E-state index in [1.165, 1.54) is 13.2 Å². The molecular formula is C14H17N3O3. The normalized spacial score (nSPS) is 18.2. The summed E-state index contributed by atoms with van der Waals surface area (Å²) in [4.78, 5) is 16.0. The van der Waals surface area contributed by atoms with E-state index in [0.29, 0.717) is 24.0 Å². The zero-order chi connectivity index (χ0) is 14.5. The Hall–Kier alpha value is -2.50. The Balaban J connectivity index is 2.21. The summed E-state index contributed by atoms with van der Waals surface area (Å²) in [5.41, 5.74) is 1.15. The van der Waals surface area contributed by atoms with E-state index in [1.807, 2.05) is 6.92 Å². The molecule has 0 saturated carbocycles. The number of nitrogens with one attached hydrogen (secondary N) is 2. The van der Waals surface area contributed by atoms with Crippen molar-refractivity contribution in [3.8, 4) is 11.5 Å². The molecule has 0 aliphatic carbocycles. The summed E-state index contributed by atoms with van der Waals surface area (Å²) in [6, 6.07) is 4.86. The maximum Gasteiger partial charge on any atom is 0.274 e. The van der Waals surface area contributed by atoms with E-state index < -0.39 is 0 Å². The molecule has 2 rings (SSSR count). The quantitative estimate of drug-likeness (QED) is 0.722. The molecule has 0 unspecified atom stereocenters. The highest BCUT2D eigenvalue weighted by Crippen LogP contribution is 2.27. The van der Waals surface area contributed by atoms with Crippen LogP contribution >= 0.6 is 0 Å². The molecule has 1 saturated heterocycles. The van der Waals surface area contributed by atoms with Crippen molar-refractivity contribution in [1.82, 2.24) is 10.6 Å². The van der Waals surface area contributed by atoms with E-state index in [0.717, 1.165) is 12.0 Å². The van der Waals surface area contributed by atoms with Gasteiger partial charge >= 0.3 is 0 Å². The molecule has 106 valence electrons. The maximum absolute atomic E-state index is 11.8. The molecule has 1 aromatic carbocycles. The fourth-order valence-electron chi connectivity index (χ4n) is 1.75. The second kappa shape index (κ2) is 6.10. The van der Waals surface area contributed by atoms with Crippen LogP contribution in [0.4, 0.5) is 0 Å². The first-order chi connectivity index (χ1) is 9.63. The van der Waals surface area contributed by atoms with Gasteiger partial charge in [-0.1, -0.05) is 13.0 Å². The van der Waals surface area contributed by atoms with Crippen LogP contribution < -0.4 is 15.4 Å². The number of aliphatic imine (C=N–C) groups is 1. The molecule has 1 aliphatic rings. The SMILES string of the molecule is CCCN=C1NC(=O)/C(=C\c2ccc(O)c(OC)c2)N1. The number of methoxy groups -OCH3 is 1. The Kier molecular flexibility index (Phi) is 4.24. The minimum Gasteiger partial charge on any atom is -0.504 e. The minimum absolute atomic E-state index is 0.0590. The molecule has 1 heterocycles. The van der Waals surface area contributed by atoms with E-state index >= 15 is 0 Å². The molecule has 1 aromatic rings. The minimum atomic E-state index is -0.230. The van der Waals surface area contributed by atoms with Gasteiger partial charge in [0.15, 0.2) is 11.5 Å². The summed E-state index contributed by atoms with van der Waals surface area (Å²) >= 11 is 0. The Labute approximate surface area is 117 Å². The predicted molar refractivity (Wildman–Crippen MR) is 76.5 cm³/mol. The first-order valence-corrected chi connectivity index (χ1v) is 6.35. The Morgan fingerprint density at radius 3 is 2.90 bits per heavy atom. The monoisotopic (exact) mass is 275 g/mol. The molecule has 20 heavy (non-hydrogen) atoms. The largest absolute Gasteiger partial charge is 0.504 e. The van der Waals surface area contributed by atoms with Crippen LogP contribution in [0.25, 0.3) is 6.08 Å². The molecule has 0 aromatic heterocycles. The summed E-state index contributed by atoms with van der Waals surface area (Å²) in [6.45, 7) is 2.67. The lowest BCUT2D eigenvalue weighted by molar-refractivity contribution is -0.115. The Bertz CT molecular complexity index is 579. The molecule has 3 N–H and O–H groups in total. The zero-order valence-corrected chi connectivity index (χ0v) is 11.4. The van der Waals surface area contributed by atoms with Gasteiger partial charge in [-0.05, 0) is 30.2 Å². The van der Waals surface area contributed by atoms with Gasteiger partial charge in [-0.2, -0.15) is 0 Å². The van der Waals surface area contributed by atoms with Crippen LogP contribution in [0.3, 0.4) is 0 Å². The second-order valence-electron chi connectivity index (χ2n) is 4.30. The number of nitrogens with zero attached hydrogens (tertiary/aromatic N) is 1. The molecule has 1 aliphatic heterocycles. The number of guanidine groups is 1. The number of amides is 1. The number of phenolic OH excluding ortho intramolecular Hbond substituents is 1. The summed E-state index contributed by atoms with van der Waals surface area (Å²) in [5, 5.41) is 15.1. The van der Waals surface area contributed by atoms with E-state index in [-0.39, 0.29) is 11.7 Å². The van der Waals surface area contributed by atoms with Gasteiger partial charge in [0.2, 0.25) is 5.96 Å². The molecular weight excluding hydrogens is 258 g/mol. The van der Waals surface area contributed by atoms with Crippen LogP contribution in [0.5, 0.6) is 11.5 Å². The fourth-order valence-corrected chi connectivity index (χ4v) is 1.75. The van der Waals surface area contributed by atoms with Gasteiger partial charge in [0.1, 0.15) is 5.70 Å². The lowest BCUT2D eigenvalue weighted by atomic mass is 10.1. The van der Waals surface area contributed by atoms with Gasteiger partial charge < -0.3 is 15.2 Å². The first kappa shape index (κ1) is 13.9. The number of aromatic hydroxyl groups is 1. The topological polar surface area (TPSA) is 83.0 Å². The average Bonchev–Trinajstić information content (AvgIpc) is 2.79. The van der Waals surface area contributed by atoms with E-state index in [4.69, 9.17) is 4.74 Å². The van der Waals surface area contributed by atoms with E-state index in [1.54, 1.807) is 18.2 Å². The van der Waals surface area contributed by atoms with E-state index in [2.05, 4.69) is 15.6 Å². The Morgan fingerprint density at radius 1 is 1.40 bits per heavy atom. The van der Waals surface area contributed by atoms with Crippen LogP contribution in [-0.4, -0.2) is 30.6 Å². The standard InChI is InChI=1S/C14H17N3O3/c1-3-6-15-14-16-10(13(19)17-14)7-9-4-5-11(18)12(8-9)20-2/h4-5,7-8,18H,3,6H2,1-2H3,(H2,15,16,17,19)/b10-7+. The molecule has 0 bridgehead atoms. The predicted octanol–water partition coefficient (Wildman–Crippen LogP) is 1.23. The van der Waals surface area contributed by atoms with Crippen LogP contribution in [0.1, 0.15) is 18.9 Å². The number of carbonyl (C=O) groups excluding carboxylic acids is 1. The Morgan fingerprint density at radius 2 is 2.20 bits per heavy atom. The smallest absolute Gasteiger partial charge is 0.274 e. The molecule has 1 fully saturated rings. The summed E-state index contributed by atoms with van der Waals surface area (Å²) in [6.07, 6.45) is 2.58.